The van der Waals surface area contributed by atoms with E-state index >= 15 is 0 Å². The first-order chi connectivity index (χ1) is 7.60. The molecular formula is C14H28N2. The van der Waals surface area contributed by atoms with Gasteiger partial charge in [0.1, 0.15) is 0 Å². The summed E-state index contributed by atoms with van der Waals surface area (Å²) in [5.41, 5.74) is 0.436. The van der Waals surface area contributed by atoms with Gasteiger partial charge in [-0.3, -0.25) is 4.90 Å². The first-order valence-corrected chi connectivity index (χ1v) is 6.66. The van der Waals surface area contributed by atoms with E-state index in [9.17, 15) is 0 Å². The van der Waals surface area contributed by atoms with Gasteiger partial charge in [0, 0.05) is 19.1 Å². The summed E-state index contributed by atoms with van der Waals surface area (Å²) < 4.78 is 0. The molecule has 1 saturated heterocycles. The van der Waals surface area contributed by atoms with E-state index in [-0.39, 0.29) is 0 Å². The molecule has 0 aromatic rings. The molecule has 2 heteroatoms. The molecule has 94 valence electrons. The van der Waals surface area contributed by atoms with Gasteiger partial charge >= 0.3 is 0 Å². The highest BCUT2D eigenvalue weighted by molar-refractivity contribution is 4.91. The van der Waals surface area contributed by atoms with Crippen molar-refractivity contribution in [2.24, 2.45) is 5.41 Å². The maximum Gasteiger partial charge on any atom is 0.0246 e. The van der Waals surface area contributed by atoms with E-state index in [0.717, 1.165) is 13.1 Å². The Kier molecular flexibility index (Phi) is 5.50. The van der Waals surface area contributed by atoms with Gasteiger partial charge in [0.25, 0.3) is 0 Å². The Labute approximate surface area is 101 Å². The molecule has 1 fully saturated rings. The largest absolute Gasteiger partial charge is 0.312 e. The molecule has 0 amide bonds. The molecule has 0 aliphatic carbocycles. The van der Waals surface area contributed by atoms with Gasteiger partial charge in [-0.25, -0.2) is 0 Å². The first kappa shape index (κ1) is 13.7. The van der Waals surface area contributed by atoms with Gasteiger partial charge in [-0.1, -0.05) is 26.8 Å². The van der Waals surface area contributed by atoms with Crippen LogP contribution in [0.3, 0.4) is 0 Å². The monoisotopic (exact) mass is 224 g/mol. The lowest BCUT2D eigenvalue weighted by atomic mass is 9.77. The Morgan fingerprint density at radius 2 is 2.25 bits per heavy atom. The fourth-order valence-electron chi connectivity index (χ4n) is 2.60. The van der Waals surface area contributed by atoms with Crippen molar-refractivity contribution in [3.8, 4) is 0 Å². The van der Waals surface area contributed by atoms with E-state index in [1.807, 2.05) is 6.08 Å². The average molecular weight is 224 g/mol. The molecule has 1 aliphatic rings. The summed E-state index contributed by atoms with van der Waals surface area (Å²) in [7, 11) is 0. The molecule has 1 atom stereocenters. The molecule has 1 rings (SSSR count). The Morgan fingerprint density at radius 1 is 1.50 bits per heavy atom. The molecule has 0 bridgehead atoms. The number of nitrogens with zero attached hydrogens (tertiary/aromatic N) is 1. The minimum atomic E-state index is 0.436. The van der Waals surface area contributed by atoms with Crippen molar-refractivity contribution in [1.82, 2.24) is 10.2 Å². The van der Waals surface area contributed by atoms with Gasteiger partial charge in [-0.05, 0) is 37.8 Å². The van der Waals surface area contributed by atoms with Crippen LogP contribution in [0, 0.1) is 5.41 Å². The third kappa shape index (κ3) is 3.91. The zero-order valence-corrected chi connectivity index (χ0v) is 11.3. The van der Waals surface area contributed by atoms with Crippen LogP contribution in [0.4, 0.5) is 0 Å². The molecule has 0 radical (unpaired) electrons. The number of hydrogen-bond donors (Lipinski definition) is 1. The number of nitrogens with one attached hydrogen (secondary N) is 1. The highest BCUT2D eigenvalue weighted by Gasteiger charge is 2.32. The summed E-state index contributed by atoms with van der Waals surface area (Å²) in [5, 5.41) is 3.68. The highest BCUT2D eigenvalue weighted by atomic mass is 15.1. The second kappa shape index (κ2) is 6.41. The SMILES string of the molecule is C=CCN(CCC)CC1NCCCC1(C)C. The van der Waals surface area contributed by atoms with E-state index in [4.69, 9.17) is 0 Å². The molecule has 16 heavy (non-hydrogen) atoms. The lowest BCUT2D eigenvalue weighted by Crippen LogP contribution is -2.53. The van der Waals surface area contributed by atoms with Crippen molar-refractivity contribution in [3.05, 3.63) is 12.7 Å². The van der Waals surface area contributed by atoms with Crippen LogP contribution in [0.1, 0.15) is 40.0 Å². The number of piperidine rings is 1. The molecule has 0 spiro atoms. The summed E-state index contributed by atoms with van der Waals surface area (Å²) in [6.07, 6.45) is 5.91. The quantitative estimate of drug-likeness (QED) is 0.698. The Balaban J connectivity index is 2.50. The van der Waals surface area contributed by atoms with E-state index < -0.39 is 0 Å². The second-order valence-electron chi connectivity index (χ2n) is 5.65. The summed E-state index contributed by atoms with van der Waals surface area (Å²) in [5.74, 6) is 0. The second-order valence-corrected chi connectivity index (χ2v) is 5.65. The third-order valence-corrected chi connectivity index (χ3v) is 3.70. The van der Waals surface area contributed by atoms with Crippen LogP contribution in [-0.2, 0) is 0 Å². The van der Waals surface area contributed by atoms with E-state index in [0.29, 0.717) is 11.5 Å². The minimum absolute atomic E-state index is 0.436. The molecule has 1 N–H and O–H groups in total. The van der Waals surface area contributed by atoms with Crippen molar-refractivity contribution in [1.29, 1.82) is 0 Å². The van der Waals surface area contributed by atoms with Gasteiger partial charge in [0.2, 0.25) is 0 Å². The van der Waals surface area contributed by atoms with Crippen LogP contribution < -0.4 is 5.32 Å². The van der Waals surface area contributed by atoms with Gasteiger partial charge in [-0.15, -0.1) is 6.58 Å². The van der Waals surface area contributed by atoms with Crippen LogP contribution in [0.15, 0.2) is 12.7 Å². The van der Waals surface area contributed by atoms with Crippen LogP contribution in [0.25, 0.3) is 0 Å². The predicted molar refractivity (Wildman–Crippen MR) is 71.7 cm³/mol. The van der Waals surface area contributed by atoms with E-state index in [1.54, 1.807) is 0 Å². The van der Waals surface area contributed by atoms with Crippen LogP contribution in [0.5, 0.6) is 0 Å². The van der Waals surface area contributed by atoms with Crippen LogP contribution in [-0.4, -0.2) is 37.1 Å². The maximum absolute atomic E-state index is 3.85. The van der Waals surface area contributed by atoms with Crippen molar-refractivity contribution < 1.29 is 0 Å². The molecule has 1 heterocycles. The molecule has 0 saturated carbocycles. The van der Waals surface area contributed by atoms with Gasteiger partial charge in [-0.2, -0.15) is 0 Å². The molecule has 1 unspecified atom stereocenters. The standard InChI is InChI=1S/C14H28N2/c1-5-10-16(11-6-2)12-13-14(3,4)8-7-9-15-13/h5,13,15H,1,6-12H2,2-4H3. The highest BCUT2D eigenvalue weighted by Crippen LogP contribution is 2.30. The van der Waals surface area contributed by atoms with Gasteiger partial charge in [0.15, 0.2) is 0 Å². The molecular weight excluding hydrogens is 196 g/mol. The number of hydrogen-bond acceptors (Lipinski definition) is 2. The van der Waals surface area contributed by atoms with E-state index in [1.165, 1.54) is 32.4 Å². The average Bonchev–Trinajstić information content (AvgIpc) is 2.22. The Hall–Kier alpha value is -0.340. The zero-order valence-electron chi connectivity index (χ0n) is 11.3. The summed E-state index contributed by atoms with van der Waals surface area (Å²) >= 11 is 0. The summed E-state index contributed by atoms with van der Waals surface area (Å²) in [4.78, 5) is 2.51. The third-order valence-electron chi connectivity index (χ3n) is 3.70. The number of rotatable bonds is 6. The van der Waals surface area contributed by atoms with Gasteiger partial charge < -0.3 is 5.32 Å². The van der Waals surface area contributed by atoms with Crippen molar-refractivity contribution >= 4 is 0 Å². The Bertz CT molecular complexity index is 211. The first-order valence-electron chi connectivity index (χ1n) is 6.66. The topological polar surface area (TPSA) is 15.3 Å². The van der Waals surface area contributed by atoms with Gasteiger partial charge in [0.05, 0.1) is 0 Å². The van der Waals surface area contributed by atoms with Crippen LogP contribution >= 0.6 is 0 Å². The Morgan fingerprint density at radius 3 is 2.81 bits per heavy atom. The summed E-state index contributed by atoms with van der Waals surface area (Å²) in [6, 6.07) is 0.632. The molecule has 2 nitrogen and oxygen atoms in total. The predicted octanol–water partition coefficient (Wildman–Crippen LogP) is 2.66. The molecule has 1 aliphatic heterocycles. The normalized spacial score (nSPS) is 24.6. The minimum Gasteiger partial charge on any atom is -0.312 e. The fraction of sp³-hybridized carbons (Fsp3) is 0.857. The lowest BCUT2D eigenvalue weighted by molar-refractivity contribution is 0.132. The summed E-state index contributed by atoms with van der Waals surface area (Å²) in [6.45, 7) is 15.4. The smallest absolute Gasteiger partial charge is 0.0246 e. The van der Waals surface area contributed by atoms with Crippen molar-refractivity contribution in [3.63, 3.8) is 0 Å². The zero-order chi connectivity index (χ0) is 12.0. The van der Waals surface area contributed by atoms with Crippen molar-refractivity contribution in [2.45, 2.75) is 46.1 Å². The maximum atomic E-state index is 3.85. The van der Waals surface area contributed by atoms with E-state index in [2.05, 4.69) is 37.6 Å². The van der Waals surface area contributed by atoms with Crippen LogP contribution in [0.2, 0.25) is 0 Å². The lowest BCUT2D eigenvalue weighted by Gasteiger charge is -2.42. The molecule has 0 aromatic heterocycles. The molecule has 0 aromatic carbocycles. The fourth-order valence-corrected chi connectivity index (χ4v) is 2.60. The van der Waals surface area contributed by atoms with Crippen molar-refractivity contribution in [2.75, 3.05) is 26.2 Å².